The molecule has 1 atom stereocenters. The zero-order valence-corrected chi connectivity index (χ0v) is 16.0. The van der Waals surface area contributed by atoms with Crippen LogP contribution in [0.1, 0.15) is 29.5 Å². The number of benzene rings is 1. The minimum Gasteiger partial charge on any atom is -0.357 e. The van der Waals surface area contributed by atoms with E-state index in [-0.39, 0.29) is 17.4 Å². The molecule has 1 unspecified atom stereocenters. The molecule has 2 N–H and O–H groups in total. The predicted octanol–water partition coefficient (Wildman–Crippen LogP) is 1.22. The van der Waals surface area contributed by atoms with Gasteiger partial charge in [-0.3, -0.25) is 19.1 Å². The first-order chi connectivity index (χ1) is 12.8. The molecule has 2 heterocycles. The summed E-state index contributed by atoms with van der Waals surface area (Å²) in [4.78, 5) is 41.0. The molecule has 0 bridgehead atoms. The molecule has 1 saturated heterocycles. The third-order valence-corrected chi connectivity index (χ3v) is 5.22. The number of rotatable bonds is 4. The van der Waals surface area contributed by atoms with Gasteiger partial charge in [0.05, 0.1) is 5.92 Å². The molecule has 1 aromatic carbocycles. The topological polar surface area (TPSA) is 87.2 Å². The van der Waals surface area contributed by atoms with Crippen LogP contribution in [0, 0.1) is 19.8 Å². The van der Waals surface area contributed by atoms with Crippen LogP contribution in [0.25, 0.3) is 0 Å². The van der Waals surface area contributed by atoms with Crippen molar-refractivity contribution >= 4 is 11.7 Å². The molecule has 1 aromatic heterocycles. The first-order valence-corrected chi connectivity index (χ1v) is 9.24. The molecule has 144 valence electrons. The van der Waals surface area contributed by atoms with E-state index in [4.69, 9.17) is 0 Å². The number of carbonyl (C=O) groups excluding carboxylic acids is 1. The average Bonchev–Trinajstić information content (AvgIpc) is 2.66. The van der Waals surface area contributed by atoms with Crippen LogP contribution in [0.15, 0.2) is 33.9 Å². The molecule has 2 aromatic rings. The van der Waals surface area contributed by atoms with Crippen molar-refractivity contribution in [1.82, 2.24) is 14.9 Å². The molecule has 1 amide bonds. The molecule has 1 aliphatic heterocycles. The van der Waals surface area contributed by atoms with Gasteiger partial charge in [-0.25, -0.2) is 4.79 Å². The van der Waals surface area contributed by atoms with Gasteiger partial charge in [0.1, 0.15) is 5.82 Å². The number of anilines is 1. The Morgan fingerprint density at radius 2 is 2.04 bits per heavy atom. The van der Waals surface area contributed by atoms with Gasteiger partial charge in [0.15, 0.2) is 0 Å². The fraction of sp³-hybridized carbons (Fsp3) is 0.450. The molecular weight excluding hydrogens is 344 g/mol. The fourth-order valence-electron chi connectivity index (χ4n) is 3.44. The number of nitrogens with one attached hydrogen (secondary N) is 2. The van der Waals surface area contributed by atoms with E-state index in [2.05, 4.69) is 28.5 Å². The van der Waals surface area contributed by atoms with Crippen LogP contribution in [0.3, 0.4) is 0 Å². The highest BCUT2D eigenvalue weighted by atomic mass is 16.2. The van der Waals surface area contributed by atoms with Crippen molar-refractivity contribution in [1.29, 1.82) is 0 Å². The normalized spacial score (nSPS) is 17.0. The van der Waals surface area contributed by atoms with Gasteiger partial charge >= 0.3 is 5.69 Å². The van der Waals surface area contributed by atoms with Crippen LogP contribution in [-0.2, 0) is 18.4 Å². The lowest BCUT2D eigenvalue weighted by molar-refractivity contribution is -0.125. The first kappa shape index (κ1) is 18.9. The highest BCUT2D eigenvalue weighted by Crippen LogP contribution is 2.20. The van der Waals surface area contributed by atoms with E-state index in [1.54, 1.807) is 0 Å². The summed E-state index contributed by atoms with van der Waals surface area (Å²) in [5.41, 5.74) is 2.65. The Morgan fingerprint density at radius 3 is 2.78 bits per heavy atom. The third kappa shape index (κ3) is 4.30. The highest BCUT2D eigenvalue weighted by molar-refractivity contribution is 5.79. The van der Waals surface area contributed by atoms with Crippen molar-refractivity contribution < 1.29 is 4.79 Å². The summed E-state index contributed by atoms with van der Waals surface area (Å²) in [5, 5.41) is 3.04. The SMILES string of the molecule is Cc1ccc(C)c(CNC(=O)C2CCCN(c3cc(=O)n(C)c(=O)[nH]3)C2)c1. The number of aromatic nitrogens is 2. The van der Waals surface area contributed by atoms with Gasteiger partial charge in [0, 0.05) is 32.7 Å². The van der Waals surface area contributed by atoms with Crippen LogP contribution < -0.4 is 21.5 Å². The number of hydrogen-bond acceptors (Lipinski definition) is 4. The van der Waals surface area contributed by atoms with Crippen molar-refractivity contribution in [3.05, 3.63) is 61.8 Å². The monoisotopic (exact) mass is 370 g/mol. The number of piperidine rings is 1. The van der Waals surface area contributed by atoms with Crippen molar-refractivity contribution in [3.63, 3.8) is 0 Å². The van der Waals surface area contributed by atoms with Gasteiger partial charge in [-0.15, -0.1) is 0 Å². The Kier molecular flexibility index (Phi) is 5.48. The quantitative estimate of drug-likeness (QED) is 0.847. The lowest BCUT2D eigenvalue weighted by Gasteiger charge is -2.33. The summed E-state index contributed by atoms with van der Waals surface area (Å²) in [6, 6.07) is 7.63. The van der Waals surface area contributed by atoms with Crippen LogP contribution >= 0.6 is 0 Å². The molecule has 0 aliphatic carbocycles. The minimum absolute atomic E-state index is 0.00628. The lowest BCUT2D eigenvalue weighted by Crippen LogP contribution is -2.44. The van der Waals surface area contributed by atoms with Crippen molar-refractivity contribution in [2.75, 3.05) is 18.0 Å². The minimum atomic E-state index is -0.445. The highest BCUT2D eigenvalue weighted by Gasteiger charge is 2.26. The largest absolute Gasteiger partial charge is 0.357 e. The zero-order valence-electron chi connectivity index (χ0n) is 16.0. The molecule has 7 heteroatoms. The van der Waals surface area contributed by atoms with E-state index in [0.717, 1.165) is 28.5 Å². The number of carbonyl (C=O) groups is 1. The molecule has 1 aliphatic rings. The zero-order chi connectivity index (χ0) is 19.6. The van der Waals surface area contributed by atoms with Crippen molar-refractivity contribution in [2.45, 2.75) is 33.2 Å². The second-order valence-corrected chi connectivity index (χ2v) is 7.29. The van der Waals surface area contributed by atoms with E-state index in [1.165, 1.54) is 18.7 Å². The van der Waals surface area contributed by atoms with Crippen molar-refractivity contribution in [2.24, 2.45) is 13.0 Å². The molecule has 0 saturated carbocycles. The van der Waals surface area contributed by atoms with Gasteiger partial charge < -0.3 is 10.2 Å². The summed E-state index contributed by atoms with van der Waals surface area (Å²) in [7, 11) is 1.44. The standard InChI is InChI=1S/C20H26N4O3/c1-13-6-7-14(2)16(9-13)11-21-19(26)15-5-4-8-24(12-15)17-10-18(25)23(3)20(27)22-17/h6-7,9-10,15H,4-5,8,11-12H2,1-3H3,(H,21,26)(H,22,27). The Hall–Kier alpha value is -2.83. The number of nitrogens with zero attached hydrogens (tertiary/aromatic N) is 2. The third-order valence-electron chi connectivity index (χ3n) is 5.22. The second-order valence-electron chi connectivity index (χ2n) is 7.29. The summed E-state index contributed by atoms with van der Waals surface area (Å²) < 4.78 is 1.03. The number of H-pyrrole nitrogens is 1. The Morgan fingerprint density at radius 1 is 1.26 bits per heavy atom. The molecule has 7 nitrogen and oxygen atoms in total. The van der Waals surface area contributed by atoms with E-state index < -0.39 is 5.69 Å². The summed E-state index contributed by atoms with van der Waals surface area (Å²) >= 11 is 0. The van der Waals surface area contributed by atoms with E-state index in [9.17, 15) is 14.4 Å². The van der Waals surface area contributed by atoms with Crippen LogP contribution in [0.4, 0.5) is 5.82 Å². The number of aromatic amines is 1. The van der Waals surface area contributed by atoms with E-state index in [0.29, 0.717) is 25.5 Å². The fourth-order valence-corrected chi connectivity index (χ4v) is 3.44. The Bertz CT molecular complexity index is 929. The van der Waals surface area contributed by atoms with Crippen LogP contribution in [0.2, 0.25) is 0 Å². The van der Waals surface area contributed by atoms with Crippen LogP contribution in [0.5, 0.6) is 0 Å². The number of amides is 1. The van der Waals surface area contributed by atoms with E-state index >= 15 is 0 Å². The summed E-state index contributed by atoms with van der Waals surface area (Å²) in [5.74, 6) is 0.318. The van der Waals surface area contributed by atoms with Gasteiger partial charge in [0.25, 0.3) is 5.56 Å². The second kappa shape index (κ2) is 7.82. The van der Waals surface area contributed by atoms with Gasteiger partial charge in [-0.2, -0.15) is 0 Å². The molecular formula is C20H26N4O3. The smallest absolute Gasteiger partial charge is 0.329 e. The summed E-state index contributed by atoms with van der Waals surface area (Å²) in [6.45, 7) is 5.78. The van der Waals surface area contributed by atoms with E-state index in [1.807, 2.05) is 18.7 Å². The Balaban J connectivity index is 1.67. The van der Waals surface area contributed by atoms with Crippen molar-refractivity contribution in [3.8, 4) is 0 Å². The summed E-state index contributed by atoms with van der Waals surface area (Å²) in [6.07, 6.45) is 1.63. The van der Waals surface area contributed by atoms with Gasteiger partial charge in [0.2, 0.25) is 5.91 Å². The molecule has 0 spiro atoms. The molecule has 3 rings (SSSR count). The maximum Gasteiger partial charge on any atom is 0.329 e. The molecule has 1 fully saturated rings. The lowest BCUT2D eigenvalue weighted by atomic mass is 9.97. The number of aryl methyl sites for hydroxylation is 2. The van der Waals surface area contributed by atoms with Gasteiger partial charge in [-0.1, -0.05) is 23.8 Å². The maximum atomic E-state index is 12.7. The van der Waals surface area contributed by atoms with Crippen LogP contribution in [-0.4, -0.2) is 28.5 Å². The first-order valence-electron chi connectivity index (χ1n) is 9.24. The maximum absolute atomic E-state index is 12.7. The molecule has 27 heavy (non-hydrogen) atoms. The molecule has 0 radical (unpaired) electrons. The average molecular weight is 370 g/mol. The Labute approximate surface area is 158 Å². The predicted molar refractivity (Wildman–Crippen MR) is 105 cm³/mol. The van der Waals surface area contributed by atoms with Gasteiger partial charge in [-0.05, 0) is 37.8 Å². The number of hydrogen-bond donors (Lipinski definition) is 2.